The zero-order valence-corrected chi connectivity index (χ0v) is 31.6. The van der Waals surface area contributed by atoms with Gasteiger partial charge in [-0.2, -0.15) is 0 Å². The van der Waals surface area contributed by atoms with Crippen molar-refractivity contribution in [1.29, 1.82) is 0 Å². The van der Waals surface area contributed by atoms with Gasteiger partial charge in [0.15, 0.2) is 16.6 Å². The van der Waals surface area contributed by atoms with Gasteiger partial charge in [0.05, 0.1) is 18.1 Å². The molecule has 2 rings (SSSR count). The molecule has 42 heavy (non-hydrogen) atoms. The molecule has 2 aliphatic carbocycles. The first-order valence-electron chi connectivity index (χ1n) is 16.6. The van der Waals surface area contributed by atoms with E-state index < -0.39 is 16.6 Å². The van der Waals surface area contributed by atoms with Crippen molar-refractivity contribution in [3.8, 4) is 0 Å². The van der Waals surface area contributed by atoms with Crippen LogP contribution in [0.2, 0.25) is 36.3 Å². The third-order valence-corrected chi connectivity index (χ3v) is 19.9. The summed E-state index contributed by atoms with van der Waals surface area (Å²) in [5, 5.41) is 0.209. The summed E-state index contributed by atoms with van der Waals surface area (Å²) in [5.41, 5.74) is 1.20. The molecular weight excluding hydrogens is 557 g/mol. The summed E-state index contributed by atoms with van der Waals surface area (Å²) in [6.45, 7) is 30.9. The van der Waals surface area contributed by atoms with E-state index in [-0.39, 0.29) is 57.9 Å². The smallest absolute Gasteiger partial charge is 0.308 e. The Balaban J connectivity index is 2.27. The Morgan fingerprint density at radius 3 is 2.10 bits per heavy atom. The number of allylic oxidation sites excluding steroid dienone is 2. The highest BCUT2D eigenvalue weighted by Crippen LogP contribution is 2.46. The van der Waals surface area contributed by atoms with Gasteiger partial charge in [0.25, 0.3) is 0 Å². The van der Waals surface area contributed by atoms with Gasteiger partial charge >= 0.3 is 5.97 Å². The predicted molar refractivity (Wildman–Crippen MR) is 181 cm³/mol. The van der Waals surface area contributed by atoms with Crippen molar-refractivity contribution < 1.29 is 23.2 Å². The van der Waals surface area contributed by atoms with Crippen LogP contribution in [0, 0.1) is 23.7 Å². The lowest BCUT2D eigenvalue weighted by atomic mass is 9.66. The van der Waals surface area contributed by atoms with E-state index >= 15 is 0 Å². The number of Topliss-reactive ketones (excluding diaryl/α,β-unsaturated/α-hetero) is 1. The largest absolute Gasteiger partial charge is 0.461 e. The molecule has 0 radical (unpaired) electrons. The number of esters is 1. The van der Waals surface area contributed by atoms with Crippen LogP contribution >= 0.6 is 0 Å². The molecule has 0 unspecified atom stereocenters. The molecule has 0 amide bonds. The number of ether oxygens (including phenoxy) is 1. The van der Waals surface area contributed by atoms with E-state index in [4.69, 9.17) is 13.6 Å². The van der Waals surface area contributed by atoms with Crippen LogP contribution in [0.1, 0.15) is 108 Å². The Hall–Kier alpha value is -1.03. The van der Waals surface area contributed by atoms with Gasteiger partial charge in [-0.25, -0.2) is 0 Å². The first kappa shape index (κ1) is 37.2. The Morgan fingerprint density at radius 1 is 0.976 bits per heavy atom. The number of carbonyl (C=O) groups is 2. The van der Waals surface area contributed by atoms with Gasteiger partial charge in [-0.05, 0) is 72.9 Å². The maximum absolute atomic E-state index is 13.3. The average molecular weight is 621 g/mol. The molecule has 0 spiro atoms. The summed E-state index contributed by atoms with van der Waals surface area (Å²) in [7, 11) is -3.96. The van der Waals surface area contributed by atoms with E-state index in [1.165, 1.54) is 5.57 Å². The molecule has 2 aliphatic rings. The van der Waals surface area contributed by atoms with E-state index in [0.29, 0.717) is 25.2 Å². The number of rotatable bonds is 13. The molecule has 242 valence electrons. The minimum atomic E-state index is -2.02. The lowest BCUT2D eigenvalue weighted by Crippen LogP contribution is -2.48. The monoisotopic (exact) mass is 620 g/mol. The third kappa shape index (κ3) is 9.49. The van der Waals surface area contributed by atoms with Gasteiger partial charge in [0.2, 0.25) is 0 Å². The fourth-order valence-corrected chi connectivity index (χ4v) is 8.30. The molecule has 7 atom stereocenters. The quantitative estimate of drug-likeness (QED) is 0.152. The van der Waals surface area contributed by atoms with Crippen LogP contribution in [0.25, 0.3) is 0 Å². The van der Waals surface area contributed by atoms with Crippen LogP contribution in [0.15, 0.2) is 23.8 Å². The van der Waals surface area contributed by atoms with Crippen LogP contribution in [-0.4, -0.2) is 46.7 Å². The van der Waals surface area contributed by atoms with Crippen molar-refractivity contribution in [2.75, 3.05) is 0 Å². The van der Waals surface area contributed by atoms with Crippen LogP contribution in [0.3, 0.4) is 0 Å². The van der Waals surface area contributed by atoms with Crippen molar-refractivity contribution in [2.45, 2.75) is 162 Å². The van der Waals surface area contributed by atoms with E-state index in [9.17, 15) is 9.59 Å². The fourth-order valence-electron chi connectivity index (χ4n) is 5.59. The molecule has 0 saturated carbocycles. The van der Waals surface area contributed by atoms with Crippen LogP contribution in [-0.2, 0) is 23.2 Å². The second-order valence-corrected chi connectivity index (χ2v) is 25.7. The summed E-state index contributed by atoms with van der Waals surface area (Å²) in [4.78, 5) is 26.5. The molecule has 0 aliphatic heterocycles. The topological polar surface area (TPSA) is 61.8 Å². The van der Waals surface area contributed by atoms with E-state index in [0.717, 1.165) is 19.3 Å². The Labute approximate surface area is 260 Å². The number of ketones is 1. The lowest BCUT2D eigenvalue weighted by molar-refractivity contribution is -0.159. The molecular formula is C35H64O5Si2. The number of hydrogen-bond donors (Lipinski definition) is 0. The summed E-state index contributed by atoms with van der Waals surface area (Å²) in [6.07, 6.45) is 10.5. The van der Waals surface area contributed by atoms with Crippen molar-refractivity contribution in [1.82, 2.24) is 0 Å². The molecule has 0 heterocycles. The normalized spacial score (nSPS) is 26.7. The van der Waals surface area contributed by atoms with Crippen molar-refractivity contribution in [3.63, 3.8) is 0 Å². The zero-order chi connectivity index (χ0) is 32.3. The van der Waals surface area contributed by atoms with E-state index in [1.807, 2.05) is 13.8 Å². The van der Waals surface area contributed by atoms with Crippen LogP contribution in [0.5, 0.6) is 0 Å². The zero-order valence-electron chi connectivity index (χ0n) is 29.6. The van der Waals surface area contributed by atoms with Gasteiger partial charge in [0.1, 0.15) is 11.9 Å². The van der Waals surface area contributed by atoms with Gasteiger partial charge in [-0.3, -0.25) is 9.59 Å². The molecule has 0 aromatic heterocycles. The van der Waals surface area contributed by atoms with Gasteiger partial charge in [0, 0.05) is 25.2 Å². The van der Waals surface area contributed by atoms with Gasteiger partial charge in [-0.1, -0.05) is 87.5 Å². The standard InChI is InChI=1S/C35H64O5Si2/c1-15-24(3)33(37)38-31-23-29(40-42(13,14)35(8,9)10)21-26-18-17-25(4)30(32(26)31)20-19-27(36)22-28(16-2)39-41(11,12)34(5,6)7/h17-18,21,24-25,28-32H,15-16,19-20,22-23H2,1-14H3/t24-,25-,28-,29+,30-,31-,32-/m0/s1. The molecule has 0 fully saturated rings. The van der Waals surface area contributed by atoms with Gasteiger partial charge < -0.3 is 13.6 Å². The second kappa shape index (κ2) is 14.4. The SMILES string of the molecule is CC[C@@H](CC(=O)CC[C@@H]1[C@@H]2C(=C[C@@H](O[Si](C)(C)C(C)(C)C)C[C@@H]2OC(=O)[C@@H](C)CC)C=C[C@@H]1C)O[Si](C)(C)C(C)(C)C. The Kier molecular flexibility index (Phi) is 12.7. The average Bonchev–Trinajstić information content (AvgIpc) is 2.85. The summed E-state index contributed by atoms with van der Waals surface area (Å²) in [5.74, 6) is 0.623. The summed E-state index contributed by atoms with van der Waals surface area (Å²) >= 11 is 0. The molecule has 0 saturated heterocycles. The van der Waals surface area contributed by atoms with E-state index in [2.05, 4.69) is 99.8 Å². The van der Waals surface area contributed by atoms with Crippen LogP contribution in [0.4, 0.5) is 0 Å². The van der Waals surface area contributed by atoms with Crippen LogP contribution < -0.4 is 0 Å². The van der Waals surface area contributed by atoms with Crippen molar-refractivity contribution in [2.24, 2.45) is 23.7 Å². The molecule has 7 heteroatoms. The molecule has 0 N–H and O–H groups in total. The number of fused-ring (bicyclic) bond motifs is 1. The second-order valence-electron chi connectivity index (χ2n) is 16.2. The first-order valence-corrected chi connectivity index (χ1v) is 22.4. The summed E-state index contributed by atoms with van der Waals surface area (Å²) < 4.78 is 19.8. The molecule has 5 nitrogen and oxygen atoms in total. The maximum atomic E-state index is 13.3. The number of carbonyl (C=O) groups excluding carboxylic acids is 2. The van der Waals surface area contributed by atoms with Gasteiger partial charge in [-0.15, -0.1) is 0 Å². The highest BCUT2D eigenvalue weighted by Gasteiger charge is 2.46. The number of hydrogen-bond acceptors (Lipinski definition) is 5. The van der Waals surface area contributed by atoms with Crippen molar-refractivity contribution in [3.05, 3.63) is 23.8 Å². The molecule has 0 aromatic carbocycles. The Morgan fingerprint density at radius 2 is 1.57 bits per heavy atom. The lowest BCUT2D eigenvalue weighted by Gasteiger charge is -2.46. The summed E-state index contributed by atoms with van der Waals surface area (Å²) in [6, 6.07) is 0. The maximum Gasteiger partial charge on any atom is 0.308 e. The third-order valence-electron chi connectivity index (χ3n) is 10.8. The van der Waals surface area contributed by atoms with E-state index in [1.54, 1.807) is 0 Å². The van der Waals surface area contributed by atoms with Crippen molar-refractivity contribution >= 4 is 28.4 Å². The Bertz CT molecular complexity index is 984. The molecule has 0 aromatic rings. The highest BCUT2D eigenvalue weighted by molar-refractivity contribution is 6.74. The first-order chi connectivity index (χ1) is 19.1. The minimum absolute atomic E-state index is 0.0234. The minimum Gasteiger partial charge on any atom is -0.461 e. The molecule has 0 bridgehead atoms. The predicted octanol–water partition coefficient (Wildman–Crippen LogP) is 9.64. The highest BCUT2D eigenvalue weighted by atomic mass is 28.4. The fraction of sp³-hybridized carbons (Fsp3) is 0.829.